The number of aliphatic hydroxyl groups is 1. The molecule has 0 spiro atoms. The van der Waals surface area contributed by atoms with Gasteiger partial charge in [0.1, 0.15) is 17.6 Å². The second kappa shape index (κ2) is 6.09. The van der Waals surface area contributed by atoms with Gasteiger partial charge in [0.2, 0.25) is 0 Å². The van der Waals surface area contributed by atoms with E-state index in [9.17, 15) is 9.50 Å². The number of hydrogen-bond acceptors (Lipinski definition) is 3. The van der Waals surface area contributed by atoms with Crippen LogP contribution in [-0.2, 0) is 0 Å². The molecule has 1 unspecified atom stereocenters. The highest BCUT2D eigenvalue weighted by molar-refractivity contribution is 14.1. The fourth-order valence-corrected chi connectivity index (χ4v) is 2.83. The van der Waals surface area contributed by atoms with E-state index in [4.69, 9.17) is 4.74 Å². The molecule has 0 amide bonds. The first-order chi connectivity index (χ1) is 9.45. The molecule has 0 saturated carbocycles. The van der Waals surface area contributed by atoms with E-state index in [1.54, 1.807) is 16.9 Å². The van der Waals surface area contributed by atoms with E-state index in [1.165, 1.54) is 19.2 Å². The Morgan fingerprint density at radius 3 is 2.65 bits per heavy atom. The Labute approximate surface area is 130 Å². The molecular weight excluding hydrogens is 374 g/mol. The van der Waals surface area contributed by atoms with E-state index in [2.05, 4.69) is 5.10 Å². The molecule has 1 aromatic heterocycles. The minimum absolute atomic E-state index is 0.0849. The highest BCUT2D eigenvalue weighted by atomic mass is 127. The van der Waals surface area contributed by atoms with E-state index < -0.39 is 6.10 Å². The lowest BCUT2D eigenvalue weighted by molar-refractivity contribution is 0.198. The van der Waals surface area contributed by atoms with Crippen LogP contribution in [0, 0.1) is 9.39 Å². The zero-order chi connectivity index (χ0) is 14.9. The Morgan fingerprint density at radius 1 is 1.40 bits per heavy atom. The van der Waals surface area contributed by atoms with Crippen LogP contribution >= 0.6 is 22.6 Å². The first kappa shape index (κ1) is 15.2. The van der Waals surface area contributed by atoms with Crippen LogP contribution in [0.3, 0.4) is 0 Å². The predicted molar refractivity (Wildman–Crippen MR) is 82.3 cm³/mol. The van der Waals surface area contributed by atoms with Gasteiger partial charge in [-0.1, -0.05) is 6.07 Å². The molecule has 2 aromatic rings. The molecule has 0 radical (unpaired) electrons. The summed E-state index contributed by atoms with van der Waals surface area (Å²) in [5.41, 5.74) is 1.21. The van der Waals surface area contributed by atoms with Crippen LogP contribution in [0.15, 0.2) is 24.4 Å². The van der Waals surface area contributed by atoms with Crippen molar-refractivity contribution >= 4 is 22.6 Å². The molecule has 1 N–H and O–H groups in total. The third-order valence-electron chi connectivity index (χ3n) is 3.02. The summed E-state index contributed by atoms with van der Waals surface area (Å²) in [5, 5.41) is 14.9. The molecule has 0 bridgehead atoms. The fourth-order valence-electron chi connectivity index (χ4n) is 2.06. The smallest absolute Gasteiger partial charge is 0.163 e. The van der Waals surface area contributed by atoms with Crippen molar-refractivity contribution in [1.82, 2.24) is 9.78 Å². The lowest BCUT2D eigenvalue weighted by atomic mass is 10.1. The Kier molecular flexibility index (Phi) is 4.64. The largest absolute Gasteiger partial charge is 0.493 e. The minimum atomic E-state index is -0.914. The van der Waals surface area contributed by atoms with E-state index in [-0.39, 0.29) is 11.9 Å². The predicted octanol–water partition coefficient (Wildman–Crippen LogP) is 3.30. The van der Waals surface area contributed by atoms with Gasteiger partial charge in [0.15, 0.2) is 5.75 Å². The van der Waals surface area contributed by atoms with Gasteiger partial charge in [0, 0.05) is 15.2 Å². The summed E-state index contributed by atoms with van der Waals surface area (Å²) in [6.07, 6.45) is 0.664. The number of hydrogen-bond donors (Lipinski definition) is 1. The van der Waals surface area contributed by atoms with Gasteiger partial charge < -0.3 is 9.84 Å². The van der Waals surface area contributed by atoms with Crippen LogP contribution in [-0.4, -0.2) is 22.0 Å². The van der Waals surface area contributed by atoms with Gasteiger partial charge in [-0.3, -0.25) is 4.68 Å². The molecule has 1 atom stereocenters. The topological polar surface area (TPSA) is 47.3 Å². The number of aromatic nitrogens is 2. The van der Waals surface area contributed by atoms with Crippen molar-refractivity contribution in [1.29, 1.82) is 0 Å². The maximum absolute atomic E-state index is 13.2. The molecule has 0 fully saturated rings. The lowest BCUT2D eigenvalue weighted by Gasteiger charge is -2.18. The molecule has 6 heteroatoms. The van der Waals surface area contributed by atoms with Crippen LogP contribution in [0.5, 0.6) is 5.75 Å². The molecular formula is C14H16FIN2O2. The Balaban J connectivity index is 2.52. The lowest BCUT2D eigenvalue weighted by Crippen LogP contribution is -2.14. The van der Waals surface area contributed by atoms with Crippen molar-refractivity contribution in [3.8, 4) is 5.75 Å². The fraction of sp³-hybridized carbons (Fsp3) is 0.357. The molecule has 0 aliphatic heterocycles. The number of benzene rings is 1. The number of ether oxygens (including phenoxy) is 1. The van der Waals surface area contributed by atoms with Crippen molar-refractivity contribution in [2.75, 3.05) is 7.11 Å². The van der Waals surface area contributed by atoms with Gasteiger partial charge in [-0.2, -0.15) is 5.10 Å². The monoisotopic (exact) mass is 390 g/mol. The van der Waals surface area contributed by atoms with Crippen molar-refractivity contribution < 1.29 is 14.2 Å². The molecule has 1 aromatic carbocycles. The van der Waals surface area contributed by atoms with Crippen LogP contribution in [0.25, 0.3) is 0 Å². The van der Waals surface area contributed by atoms with Gasteiger partial charge in [-0.05, 0) is 48.6 Å². The molecule has 1 heterocycles. The standard InChI is InChI=1S/C14H16FIN2O2/c1-8(2)18-13(12(20-3)7-17-18)14(19)10-5-4-9(15)6-11(10)16/h4-8,14,19H,1-3H3. The van der Waals surface area contributed by atoms with E-state index in [0.29, 0.717) is 20.6 Å². The summed E-state index contributed by atoms with van der Waals surface area (Å²) in [4.78, 5) is 0. The summed E-state index contributed by atoms with van der Waals surface area (Å²) in [5.74, 6) is 0.195. The van der Waals surface area contributed by atoms with Crippen LogP contribution in [0.2, 0.25) is 0 Å². The molecule has 0 aliphatic carbocycles. The minimum Gasteiger partial charge on any atom is -0.493 e. The highest BCUT2D eigenvalue weighted by Crippen LogP contribution is 2.33. The molecule has 108 valence electrons. The number of rotatable bonds is 4. The Bertz CT molecular complexity index is 613. The second-order valence-electron chi connectivity index (χ2n) is 4.70. The Morgan fingerprint density at radius 2 is 2.10 bits per heavy atom. The van der Waals surface area contributed by atoms with Crippen LogP contribution < -0.4 is 4.74 Å². The summed E-state index contributed by atoms with van der Waals surface area (Å²) >= 11 is 2.01. The first-order valence-electron chi connectivity index (χ1n) is 6.20. The zero-order valence-corrected chi connectivity index (χ0v) is 13.6. The van der Waals surface area contributed by atoms with Gasteiger partial charge in [0.05, 0.1) is 13.3 Å². The molecule has 2 rings (SSSR count). The van der Waals surface area contributed by atoms with E-state index in [0.717, 1.165) is 0 Å². The third kappa shape index (κ3) is 2.80. The third-order valence-corrected chi connectivity index (χ3v) is 3.96. The van der Waals surface area contributed by atoms with E-state index in [1.807, 2.05) is 36.4 Å². The quantitative estimate of drug-likeness (QED) is 0.816. The summed E-state index contributed by atoms with van der Waals surface area (Å²) in [7, 11) is 1.54. The SMILES string of the molecule is COc1cnn(C(C)C)c1C(O)c1ccc(F)cc1I. The zero-order valence-electron chi connectivity index (χ0n) is 11.5. The maximum atomic E-state index is 13.2. The normalized spacial score (nSPS) is 12.8. The van der Waals surface area contributed by atoms with E-state index >= 15 is 0 Å². The van der Waals surface area contributed by atoms with Crippen molar-refractivity contribution in [3.05, 3.63) is 45.0 Å². The van der Waals surface area contributed by atoms with Gasteiger partial charge in [0.25, 0.3) is 0 Å². The molecule has 20 heavy (non-hydrogen) atoms. The van der Waals surface area contributed by atoms with Crippen molar-refractivity contribution in [2.24, 2.45) is 0 Å². The van der Waals surface area contributed by atoms with Crippen molar-refractivity contribution in [2.45, 2.75) is 26.0 Å². The first-order valence-corrected chi connectivity index (χ1v) is 7.28. The Hall–Kier alpha value is -1.15. The van der Waals surface area contributed by atoms with Gasteiger partial charge in [-0.15, -0.1) is 0 Å². The van der Waals surface area contributed by atoms with Gasteiger partial charge >= 0.3 is 0 Å². The number of halogens is 2. The molecule has 0 saturated heterocycles. The average molecular weight is 390 g/mol. The maximum Gasteiger partial charge on any atom is 0.163 e. The number of aliphatic hydroxyl groups excluding tert-OH is 1. The summed E-state index contributed by atoms with van der Waals surface area (Å²) in [6.45, 7) is 3.94. The molecule has 4 nitrogen and oxygen atoms in total. The number of nitrogens with zero attached hydrogens (tertiary/aromatic N) is 2. The number of methoxy groups -OCH3 is 1. The van der Waals surface area contributed by atoms with Gasteiger partial charge in [-0.25, -0.2) is 4.39 Å². The molecule has 0 aliphatic rings. The summed E-state index contributed by atoms with van der Waals surface area (Å²) in [6, 6.07) is 4.39. The average Bonchev–Trinajstić information content (AvgIpc) is 2.81. The summed E-state index contributed by atoms with van der Waals surface area (Å²) < 4.78 is 20.8. The van der Waals surface area contributed by atoms with Crippen molar-refractivity contribution in [3.63, 3.8) is 0 Å². The highest BCUT2D eigenvalue weighted by Gasteiger charge is 2.24. The second-order valence-corrected chi connectivity index (χ2v) is 5.87. The van der Waals surface area contributed by atoms with Crippen LogP contribution in [0.1, 0.15) is 37.3 Å². The van der Waals surface area contributed by atoms with Crippen LogP contribution in [0.4, 0.5) is 4.39 Å².